The summed E-state index contributed by atoms with van der Waals surface area (Å²) in [6.07, 6.45) is 2.05. The Morgan fingerprint density at radius 1 is 1.27 bits per heavy atom. The molecule has 22 heavy (non-hydrogen) atoms. The number of para-hydroxylation sites is 1. The second kappa shape index (κ2) is 4.84. The van der Waals surface area contributed by atoms with Crippen molar-refractivity contribution in [3.05, 3.63) is 36.0 Å². The van der Waals surface area contributed by atoms with E-state index >= 15 is 0 Å². The summed E-state index contributed by atoms with van der Waals surface area (Å²) in [7, 11) is 0. The van der Waals surface area contributed by atoms with Crippen LogP contribution in [0.2, 0.25) is 0 Å². The quantitative estimate of drug-likeness (QED) is 0.739. The van der Waals surface area contributed by atoms with Crippen molar-refractivity contribution in [3.63, 3.8) is 0 Å². The van der Waals surface area contributed by atoms with Gasteiger partial charge in [-0.05, 0) is 18.1 Å². The molecule has 3 heterocycles. The Balaban J connectivity index is 1.61. The summed E-state index contributed by atoms with van der Waals surface area (Å²) < 4.78 is 0. The number of piperazine rings is 1. The molecule has 3 atom stereocenters. The number of aromatic amines is 1. The standard InChI is InChI=1S/C16H17N3O3/c20-13-5-6-19-14(13)15(21)18-12(16(19)22)7-9-8-17-11-4-2-1-3-10(9)11/h1-4,8,12-14,17,20H,5-7H2,(H,18,21). The number of aromatic nitrogens is 1. The number of aliphatic hydroxyl groups is 1. The molecule has 0 spiro atoms. The number of benzene rings is 1. The number of hydrogen-bond acceptors (Lipinski definition) is 3. The molecule has 0 radical (unpaired) electrons. The van der Waals surface area contributed by atoms with E-state index in [1.165, 1.54) is 4.90 Å². The zero-order chi connectivity index (χ0) is 15.3. The molecule has 2 fully saturated rings. The fraction of sp³-hybridized carbons (Fsp3) is 0.375. The zero-order valence-electron chi connectivity index (χ0n) is 12.0. The average molecular weight is 299 g/mol. The van der Waals surface area contributed by atoms with Crippen LogP contribution < -0.4 is 5.32 Å². The number of carbonyl (C=O) groups excluding carboxylic acids is 2. The maximum Gasteiger partial charge on any atom is 0.246 e. The first-order valence-corrected chi connectivity index (χ1v) is 7.49. The molecule has 3 N–H and O–H groups in total. The number of H-pyrrole nitrogens is 1. The van der Waals surface area contributed by atoms with Crippen molar-refractivity contribution in [2.75, 3.05) is 6.54 Å². The lowest BCUT2D eigenvalue weighted by Crippen LogP contribution is -2.63. The van der Waals surface area contributed by atoms with Crippen LogP contribution in [0.5, 0.6) is 0 Å². The van der Waals surface area contributed by atoms with Gasteiger partial charge in [-0.25, -0.2) is 0 Å². The number of amides is 2. The van der Waals surface area contributed by atoms with Gasteiger partial charge in [0.1, 0.15) is 12.1 Å². The molecular weight excluding hydrogens is 282 g/mol. The van der Waals surface area contributed by atoms with Gasteiger partial charge >= 0.3 is 0 Å². The van der Waals surface area contributed by atoms with E-state index in [1.807, 2.05) is 30.5 Å². The SMILES string of the molecule is O=C1NC(Cc2c[nH]c3ccccc23)C(=O)N2CCC(O)C12. The molecule has 0 saturated carbocycles. The van der Waals surface area contributed by atoms with Gasteiger partial charge in [-0.1, -0.05) is 18.2 Å². The minimum absolute atomic E-state index is 0.105. The van der Waals surface area contributed by atoms with Crippen molar-refractivity contribution >= 4 is 22.7 Å². The Morgan fingerprint density at radius 2 is 2.09 bits per heavy atom. The van der Waals surface area contributed by atoms with Gasteiger partial charge in [0.05, 0.1) is 6.10 Å². The summed E-state index contributed by atoms with van der Waals surface area (Å²) in [4.78, 5) is 29.4. The molecule has 114 valence electrons. The second-order valence-corrected chi connectivity index (χ2v) is 5.96. The van der Waals surface area contributed by atoms with Gasteiger partial charge in [-0.2, -0.15) is 0 Å². The Kier molecular flexibility index (Phi) is 2.94. The van der Waals surface area contributed by atoms with E-state index in [1.54, 1.807) is 0 Å². The van der Waals surface area contributed by atoms with Crippen LogP contribution >= 0.6 is 0 Å². The average Bonchev–Trinajstić information content (AvgIpc) is 3.09. The number of nitrogens with zero attached hydrogens (tertiary/aromatic N) is 1. The number of aliphatic hydroxyl groups excluding tert-OH is 1. The van der Waals surface area contributed by atoms with Crippen LogP contribution in [0, 0.1) is 0 Å². The van der Waals surface area contributed by atoms with Gasteiger partial charge in [-0.3, -0.25) is 9.59 Å². The van der Waals surface area contributed by atoms with Crippen LogP contribution in [0.3, 0.4) is 0 Å². The van der Waals surface area contributed by atoms with E-state index in [0.29, 0.717) is 19.4 Å². The normalized spacial score (nSPS) is 28.0. The lowest BCUT2D eigenvalue weighted by molar-refractivity contribution is -0.149. The highest BCUT2D eigenvalue weighted by molar-refractivity contribution is 5.98. The number of nitrogens with one attached hydrogen (secondary N) is 2. The predicted molar refractivity (Wildman–Crippen MR) is 80.1 cm³/mol. The van der Waals surface area contributed by atoms with E-state index in [9.17, 15) is 14.7 Å². The highest BCUT2D eigenvalue weighted by atomic mass is 16.3. The van der Waals surface area contributed by atoms with Crippen LogP contribution in [0.25, 0.3) is 10.9 Å². The summed E-state index contributed by atoms with van der Waals surface area (Å²) in [5, 5.41) is 13.7. The molecule has 2 aliphatic heterocycles. The molecule has 2 saturated heterocycles. The summed E-state index contributed by atoms with van der Waals surface area (Å²) >= 11 is 0. The Morgan fingerprint density at radius 3 is 2.95 bits per heavy atom. The van der Waals surface area contributed by atoms with Crippen LogP contribution in [-0.4, -0.2) is 51.5 Å². The molecule has 0 bridgehead atoms. The summed E-state index contributed by atoms with van der Waals surface area (Å²) in [6.45, 7) is 0.447. The van der Waals surface area contributed by atoms with Gasteiger partial charge in [-0.15, -0.1) is 0 Å². The minimum Gasteiger partial charge on any atom is -0.390 e. The third kappa shape index (κ3) is 1.91. The molecule has 3 unspecified atom stereocenters. The van der Waals surface area contributed by atoms with Crippen molar-refractivity contribution in [1.82, 2.24) is 15.2 Å². The lowest BCUT2D eigenvalue weighted by atomic mass is 10.00. The van der Waals surface area contributed by atoms with Gasteiger partial charge < -0.3 is 20.3 Å². The molecule has 1 aromatic carbocycles. The maximum atomic E-state index is 12.6. The molecule has 2 amide bonds. The van der Waals surface area contributed by atoms with E-state index in [2.05, 4.69) is 10.3 Å². The van der Waals surface area contributed by atoms with Crippen molar-refractivity contribution < 1.29 is 14.7 Å². The predicted octanol–water partition coefficient (Wildman–Crippen LogP) is 0.171. The minimum atomic E-state index is -0.752. The van der Waals surface area contributed by atoms with Crippen LogP contribution in [0.4, 0.5) is 0 Å². The van der Waals surface area contributed by atoms with Crippen molar-refractivity contribution in [1.29, 1.82) is 0 Å². The monoisotopic (exact) mass is 299 g/mol. The Bertz CT molecular complexity index is 754. The van der Waals surface area contributed by atoms with Gasteiger partial charge in [0, 0.05) is 30.1 Å². The fourth-order valence-electron chi connectivity index (χ4n) is 3.52. The maximum absolute atomic E-state index is 12.6. The molecule has 2 aliphatic rings. The molecule has 0 aliphatic carbocycles. The molecule has 6 nitrogen and oxygen atoms in total. The van der Waals surface area contributed by atoms with Crippen molar-refractivity contribution in [2.24, 2.45) is 0 Å². The number of carbonyl (C=O) groups is 2. The number of hydrogen-bond donors (Lipinski definition) is 3. The first kappa shape index (κ1) is 13.3. The third-order valence-electron chi connectivity index (χ3n) is 4.63. The van der Waals surface area contributed by atoms with Crippen molar-refractivity contribution in [3.8, 4) is 0 Å². The summed E-state index contributed by atoms with van der Waals surface area (Å²) in [5.41, 5.74) is 2.02. The number of rotatable bonds is 2. The largest absolute Gasteiger partial charge is 0.390 e. The van der Waals surface area contributed by atoms with E-state index in [-0.39, 0.29) is 11.8 Å². The van der Waals surface area contributed by atoms with E-state index < -0.39 is 18.2 Å². The number of fused-ring (bicyclic) bond motifs is 2. The first-order valence-electron chi connectivity index (χ1n) is 7.49. The highest BCUT2D eigenvalue weighted by Crippen LogP contribution is 2.25. The second-order valence-electron chi connectivity index (χ2n) is 5.96. The van der Waals surface area contributed by atoms with E-state index in [0.717, 1.165) is 16.5 Å². The van der Waals surface area contributed by atoms with Gasteiger partial charge in [0.25, 0.3) is 0 Å². The Hall–Kier alpha value is -2.34. The van der Waals surface area contributed by atoms with Crippen LogP contribution in [-0.2, 0) is 16.0 Å². The van der Waals surface area contributed by atoms with Gasteiger partial charge in [0.2, 0.25) is 11.8 Å². The topological polar surface area (TPSA) is 85.4 Å². The smallest absolute Gasteiger partial charge is 0.246 e. The summed E-state index contributed by atoms with van der Waals surface area (Å²) in [6, 6.07) is 6.60. The molecule has 2 aromatic rings. The van der Waals surface area contributed by atoms with Gasteiger partial charge in [0.15, 0.2) is 0 Å². The highest BCUT2D eigenvalue weighted by Gasteiger charge is 2.47. The molecule has 6 heteroatoms. The van der Waals surface area contributed by atoms with Crippen LogP contribution in [0.1, 0.15) is 12.0 Å². The lowest BCUT2D eigenvalue weighted by Gasteiger charge is -2.35. The third-order valence-corrected chi connectivity index (χ3v) is 4.63. The Labute approximate surface area is 127 Å². The summed E-state index contributed by atoms with van der Waals surface area (Å²) in [5.74, 6) is -0.360. The zero-order valence-corrected chi connectivity index (χ0v) is 12.0. The first-order chi connectivity index (χ1) is 10.6. The molecule has 1 aromatic heterocycles. The molecular formula is C16H17N3O3. The van der Waals surface area contributed by atoms with E-state index in [4.69, 9.17) is 0 Å². The fourth-order valence-corrected chi connectivity index (χ4v) is 3.52. The molecule has 4 rings (SSSR count). The van der Waals surface area contributed by atoms with Crippen LogP contribution in [0.15, 0.2) is 30.5 Å². The van der Waals surface area contributed by atoms with Crippen molar-refractivity contribution in [2.45, 2.75) is 31.0 Å².